The lowest BCUT2D eigenvalue weighted by molar-refractivity contribution is 0.121. The number of benzene rings is 1. The average molecular weight is 274 g/mol. The molecule has 3 atom stereocenters. The van der Waals surface area contributed by atoms with E-state index < -0.39 is 0 Å². The van der Waals surface area contributed by atoms with Gasteiger partial charge in [-0.25, -0.2) is 0 Å². The van der Waals surface area contributed by atoms with Crippen LogP contribution in [0.15, 0.2) is 30.3 Å². The van der Waals surface area contributed by atoms with E-state index in [1.54, 1.807) is 0 Å². The van der Waals surface area contributed by atoms with Crippen LogP contribution in [0.5, 0.6) is 0 Å². The van der Waals surface area contributed by atoms with Crippen molar-refractivity contribution < 1.29 is 5.11 Å². The van der Waals surface area contributed by atoms with Gasteiger partial charge in [-0.3, -0.25) is 4.90 Å². The Hall–Kier alpha value is -0.900. The Kier molecular flexibility index (Phi) is 4.71. The molecule has 0 bridgehead atoms. The number of aliphatic hydroxyl groups excluding tert-OH is 1. The van der Waals surface area contributed by atoms with E-state index in [-0.39, 0.29) is 6.10 Å². The predicted molar refractivity (Wildman–Crippen MR) is 81.5 cm³/mol. The zero-order valence-corrected chi connectivity index (χ0v) is 12.2. The van der Waals surface area contributed by atoms with Gasteiger partial charge in [-0.15, -0.1) is 0 Å². The fraction of sp³-hybridized carbons (Fsp3) is 0.647. The third kappa shape index (κ3) is 3.60. The molecule has 3 nitrogen and oxygen atoms in total. The van der Waals surface area contributed by atoms with Gasteiger partial charge in [-0.1, -0.05) is 30.3 Å². The Bertz CT molecular complexity index is 409. The SMILES string of the molecule is O[C@@H]1CCC[C@H]1NC1CCCN(Cc2ccccc2)C1. The highest BCUT2D eigenvalue weighted by Gasteiger charge is 2.29. The summed E-state index contributed by atoms with van der Waals surface area (Å²) in [5.41, 5.74) is 1.40. The van der Waals surface area contributed by atoms with E-state index in [4.69, 9.17) is 0 Å². The molecule has 110 valence electrons. The lowest BCUT2D eigenvalue weighted by atomic mass is 10.0. The van der Waals surface area contributed by atoms with Crippen molar-refractivity contribution in [1.82, 2.24) is 10.2 Å². The second kappa shape index (κ2) is 6.70. The monoisotopic (exact) mass is 274 g/mol. The van der Waals surface area contributed by atoms with Crippen LogP contribution in [-0.4, -0.2) is 41.3 Å². The van der Waals surface area contributed by atoms with E-state index in [1.165, 1.54) is 31.4 Å². The molecule has 1 heterocycles. The van der Waals surface area contributed by atoms with Gasteiger partial charge in [0.1, 0.15) is 0 Å². The predicted octanol–water partition coefficient (Wildman–Crippen LogP) is 2.15. The normalized spacial score (nSPS) is 31.6. The fourth-order valence-electron chi connectivity index (χ4n) is 3.61. The molecule has 1 saturated carbocycles. The summed E-state index contributed by atoms with van der Waals surface area (Å²) < 4.78 is 0. The van der Waals surface area contributed by atoms with Gasteiger partial charge in [-0.2, -0.15) is 0 Å². The molecule has 20 heavy (non-hydrogen) atoms. The van der Waals surface area contributed by atoms with Crippen LogP contribution in [0.25, 0.3) is 0 Å². The van der Waals surface area contributed by atoms with Crippen LogP contribution < -0.4 is 5.32 Å². The lowest BCUT2D eigenvalue weighted by Crippen LogP contribution is -2.50. The van der Waals surface area contributed by atoms with Gasteiger partial charge < -0.3 is 10.4 Å². The van der Waals surface area contributed by atoms with Crippen molar-refractivity contribution in [2.75, 3.05) is 13.1 Å². The number of hydrogen-bond donors (Lipinski definition) is 2. The van der Waals surface area contributed by atoms with E-state index in [2.05, 4.69) is 40.5 Å². The van der Waals surface area contributed by atoms with Crippen molar-refractivity contribution >= 4 is 0 Å². The largest absolute Gasteiger partial charge is 0.392 e. The van der Waals surface area contributed by atoms with Gasteiger partial charge in [0.2, 0.25) is 0 Å². The van der Waals surface area contributed by atoms with E-state index in [0.29, 0.717) is 12.1 Å². The maximum atomic E-state index is 9.94. The first-order chi connectivity index (χ1) is 9.81. The van der Waals surface area contributed by atoms with Crippen LogP contribution in [0, 0.1) is 0 Å². The maximum Gasteiger partial charge on any atom is 0.0693 e. The number of aliphatic hydroxyl groups is 1. The number of likely N-dealkylation sites (tertiary alicyclic amines) is 1. The first kappa shape index (κ1) is 14.1. The Morgan fingerprint density at radius 2 is 1.95 bits per heavy atom. The first-order valence-electron chi connectivity index (χ1n) is 8.01. The molecule has 1 aliphatic heterocycles. The molecule has 3 rings (SSSR count). The summed E-state index contributed by atoms with van der Waals surface area (Å²) in [6.07, 6.45) is 5.65. The Morgan fingerprint density at radius 3 is 2.70 bits per heavy atom. The second-order valence-corrected chi connectivity index (χ2v) is 6.33. The maximum absolute atomic E-state index is 9.94. The van der Waals surface area contributed by atoms with Crippen molar-refractivity contribution in [3.05, 3.63) is 35.9 Å². The molecule has 0 aromatic heterocycles. The Labute approximate surface area is 122 Å². The fourth-order valence-corrected chi connectivity index (χ4v) is 3.61. The van der Waals surface area contributed by atoms with E-state index in [1.807, 2.05) is 0 Å². The second-order valence-electron chi connectivity index (χ2n) is 6.33. The standard InChI is InChI=1S/C17H26N2O/c20-17-10-4-9-16(17)18-15-8-5-11-19(13-15)12-14-6-2-1-3-7-14/h1-3,6-7,15-18,20H,4-5,8-13H2/t15?,16-,17-/m1/s1. The summed E-state index contributed by atoms with van der Waals surface area (Å²) in [7, 11) is 0. The minimum atomic E-state index is -0.125. The molecular weight excluding hydrogens is 248 g/mol. The van der Waals surface area contributed by atoms with Crippen molar-refractivity contribution in [2.45, 2.75) is 56.8 Å². The van der Waals surface area contributed by atoms with E-state index in [9.17, 15) is 5.11 Å². The van der Waals surface area contributed by atoms with Gasteiger partial charge in [-0.05, 0) is 44.2 Å². The number of rotatable bonds is 4. The highest BCUT2D eigenvalue weighted by atomic mass is 16.3. The van der Waals surface area contributed by atoms with Gasteiger partial charge in [0, 0.05) is 25.2 Å². The molecule has 0 radical (unpaired) electrons. The van der Waals surface area contributed by atoms with Gasteiger partial charge in [0.25, 0.3) is 0 Å². The summed E-state index contributed by atoms with van der Waals surface area (Å²) in [6.45, 7) is 3.35. The molecule has 0 amide bonds. The van der Waals surface area contributed by atoms with Gasteiger partial charge in [0.15, 0.2) is 0 Å². The zero-order chi connectivity index (χ0) is 13.8. The lowest BCUT2D eigenvalue weighted by Gasteiger charge is -2.35. The molecule has 0 spiro atoms. The molecule has 1 aromatic carbocycles. The van der Waals surface area contributed by atoms with Crippen LogP contribution in [0.4, 0.5) is 0 Å². The van der Waals surface area contributed by atoms with Crippen LogP contribution in [-0.2, 0) is 6.54 Å². The van der Waals surface area contributed by atoms with Crippen molar-refractivity contribution in [2.24, 2.45) is 0 Å². The summed E-state index contributed by atoms with van der Waals surface area (Å²) in [5, 5.41) is 13.6. The molecule has 3 heteroatoms. The number of piperidine rings is 1. The molecule has 1 aliphatic carbocycles. The summed E-state index contributed by atoms with van der Waals surface area (Å²) in [5.74, 6) is 0. The molecule has 1 aromatic rings. The molecule has 1 unspecified atom stereocenters. The molecule has 1 saturated heterocycles. The molecule has 2 N–H and O–H groups in total. The van der Waals surface area contributed by atoms with Crippen molar-refractivity contribution in [3.8, 4) is 0 Å². The first-order valence-corrected chi connectivity index (χ1v) is 8.01. The van der Waals surface area contributed by atoms with Crippen LogP contribution in [0.2, 0.25) is 0 Å². The molecule has 2 aliphatic rings. The third-order valence-corrected chi connectivity index (χ3v) is 4.68. The summed E-state index contributed by atoms with van der Waals surface area (Å²) in [6, 6.07) is 11.6. The molecule has 2 fully saturated rings. The quantitative estimate of drug-likeness (QED) is 0.883. The number of nitrogens with zero attached hydrogens (tertiary/aromatic N) is 1. The van der Waals surface area contributed by atoms with Gasteiger partial charge in [0.05, 0.1) is 6.10 Å². The zero-order valence-electron chi connectivity index (χ0n) is 12.2. The Morgan fingerprint density at radius 1 is 1.10 bits per heavy atom. The Balaban J connectivity index is 1.51. The smallest absolute Gasteiger partial charge is 0.0693 e. The van der Waals surface area contributed by atoms with E-state index in [0.717, 1.165) is 25.9 Å². The highest BCUT2D eigenvalue weighted by molar-refractivity contribution is 5.14. The van der Waals surface area contributed by atoms with Crippen LogP contribution in [0.1, 0.15) is 37.7 Å². The summed E-state index contributed by atoms with van der Waals surface area (Å²) >= 11 is 0. The number of hydrogen-bond acceptors (Lipinski definition) is 3. The highest BCUT2D eigenvalue weighted by Crippen LogP contribution is 2.21. The van der Waals surface area contributed by atoms with Crippen molar-refractivity contribution in [1.29, 1.82) is 0 Å². The van der Waals surface area contributed by atoms with Crippen LogP contribution in [0.3, 0.4) is 0 Å². The van der Waals surface area contributed by atoms with E-state index >= 15 is 0 Å². The topological polar surface area (TPSA) is 35.5 Å². The molecular formula is C17H26N2O. The third-order valence-electron chi connectivity index (χ3n) is 4.68. The minimum Gasteiger partial charge on any atom is -0.392 e. The van der Waals surface area contributed by atoms with Crippen LogP contribution >= 0.6 is 0 Å². The van der Waals surface area contributed by atoms with Gasteiger partial charge >= 0.3 is 0 Å². The summed E-state index contributed by atoms with van der Waals surface area (Å²) in [4.78, 5) is 2.54. The number of nitrogens with one attached hydrogen (secondary N) is 1. The van der Waals surface area contributed by atoms with Crippen molar-refractivity contribution in [3.63, 3.8) is 0 Å². The minimum absolute atomic E-state index is 0.125. The average Bonchev–Trinajstić information content (AvgIpc) is 2.86.